The molecule has 3 rings (SSSR count). The molecule has 1 aromatic carbocycles. The molecule has 0 saturated carbocycles. The first-order valence-electron chi connectivity index (χ1n) is 8.38. The van der Waals surface area contributed by atoms with Gasteiger partial charge in [0.25, 0.3) is 5.56 Å². The summed E-state index contributed by atoms with van der Waals surface area (Å²) in [5.74, 6) is -0.312. The Hall–Kier alpha value is -1.85. The molecule has 1 fully saturated rings. The Morgan fingerprint density at radius 2 is 1.96 bits per heavy atom. The van der Waals surface area contributed by atoms with Crippen LogP contribution in [0, 0.1) is 0 Å². The molecule has 5 heteroatoms. The number of benzene rings is 1. The Balaban J connectivity index is 2.09. The first-order valence-corrected chi connectivity index (χ1v) is 8.38. The summed E-state index contributed by atoms with van der Waals surface area (Å²) < 4.78 is 6.20. The van der Waals surface area contributed by atoms with Crippen LogP contribution in [-0.2, 0) is 4.74 Å². The normalized spacial score (nSPS) is 28.0. The fraction of sp³-hybridized carbons (Fsp3) is 0.526. The van der Waals surface area contributed by atoms with Gasteiger partial charge in [-0.2, -0.15) is 0 Å². The van der Waals surface area contributed by atoms with Crippen LogP contribution < -0.4 is 5.56 Å². The number of aromatic nitrogens is 1. The van der Waals surface area contributed by atoms with Gasteiger partial charge in [0.2, 0.25) is 0 Å². The lowest BCUT2D eigenvalue weighted by atomic mass is 9.76. The van der Waals surface area contributed by atoms with Crippen LogP contribution in [-0.4, -0.2) is 32.5 Å². The van der Waals surface area contributed by atoms with Gasteiger partial charge in [0.15, 0.2) is 0 Å². The number of aromatic amines is 1. The van der Waals surface area contributed by atoms with E-state index in [9.17, 15) is 15.0 Å². The average Bonchev–Trinajstić information content (AvgIpc) is 2.51. The number of aromatic hydroxyl groups is 1. The summed E-state index contributed by atoms with van der Waals surface area (Å²) in [6.45, 7) is 7.55. The number of aliphatic hydroxyl groups is 1. The van der Waals surface area contributed by atoms with E-state index in [0.717, 1.165) is 0 Å². The lowest BCUT2D eigenvalue weighted by Gasteiger charge is -2.49. The van der Waals surface area contributed by atoms with Gasteiger partial charge in [0.1, 0.15) is 5.75 Å². The molecule has 130 valence electrons. The third-order valence-corrected chi connectivity index (χ3v) is 5.49. The van der Waals surface area contributed by atoms with Gasteiger partial charge in [-0.05, 0) is 45.7 Å². The monoisotopic (exact) mass is 331 g/mol. The molecule has 0 spiro atoms. The van der Waals surface area contributed by atoms with Gasteiger partial charge in [-0.25, -0.2) is 0 Å². The van der Waals surface area contributed by atoms with Crippen LogP contribution in [0.15, 0.2) is 29.1 Å². The van der Waals surface area contributed by atoms with Gasteiger partial charge in [0, 0.05) is 11.3 Å². The molecular weight excluding hydrogens is 306 g/mol. The summed E-state index contributed by atoms with van der Waals surface area (Å²) in [7, 11) is 0. The maximum absolute atomic E-state index is 12.6. The van der Waals surface area contributed by atoms with Crippen molar-refractivity contribution in [2.75, 3.05) is 0 Å². The third kappa shape index (κ3) is 2.62. The van der Waals surface area contributed by atoms with Crippen molar-refractivity contribution in [3.8, 4) is 5.75 Å². The number of H-pyrrole nitrogens is 1. The lowest BCUT2D eigenvalue weighted by molar-refractivity contribution is -0.221. The zero-order valence-electron chi connectivity index (χ0n) is 14.6. The molecule has 1 aliphatic heterocycles. The largest absolute Gasteiger partial charge is 0.507 e. The highest BCUT2D eigenvalue weighted by molar-refractivity contribution is 5.85. The Labute approximate surface area is 141 Å². The summed E-state index contributed by atoms with van der Waals surface area (Å²) in [5.41, 5.74) is -0.687. The van der Waals surface area contributed by atoms with Crippen LogP contribution >= 0.6 is 0 Å². The predicted molar refractivity (Wildman–Crippen MR) is 93.5 cm³/mol. The molecule has 1 saturated heterocycles. The average molecular weight is 331 g/mol. The van der Waals surface area contributed by atoms with Crippen LogP contribution in [0.25, 0.3) is 10.9 Å². The van der Waals surface area contributed by atoms with Gasteiger partial charge >= 0.3 is 0 Å². The van der Waals surface area contributed by atoms with Gasteiger partial charge in [-0.3, -0.25) is 4.79 Å². The number of pyridine rings is 1. The van der Waals surface area contributed by atoms with E-state index >= 15 is 0 Å². The maximum atomic E-state index is 12.6. The van der Waals surface area contributed by atoms with Crippen molar-refractivity contribution in [2.45, 2.75) is 63.8 Å². The number of ether oxygens (including phenoxy) is 1. The molecule has 0 bridgehead atoms. The fourth-order valence-corrected chi connectivity index (χ4v) is 3.74. The molecule has 1 aliphatic rings. The van der Waals surface area contributed by atoms with Gasteiger partial charge in [0.05, 0.1) is 28.4 Å². The molecule has 5 nitrogen and oxygen atoms in total. The standard InChI is InChI=1S/C19H25NO4/c1-11(19(4)10-9-14(21)18(2,3)24-19)15-16(22)12-7-5-6-8-13(12)20-17(15)23/h5-8,11,14,21H,9-10H2,1-4H3,(H2,20,22,23)/t11-,14-,19+/m1/s1. The fourth-order valence-electron chi connectivity index (χ4n) is 3.74. The Kier molecular flexibility index (Phi) is 3.97. The Morgan fingerprint density at radius 3 is 2.62 bits per heavy atom. The van der Waals surface area contributed by atoms with Crippen molar-refractivity contribution >= 4 is 10.9 Å². The summed E-state index contributed by atoms with van der Waals surface area (Å²) in [6, 6.07) is 7.20. The predicted octanol–water partition coefficient (Wildman–Crippen LogP) is 3.05. The molecule has 1 aromatic heterocycles. The first-order chi connectivity index (χ1) is 11.2. The highest BCUT2D eigenvalue weighted by Crippen LogP contribution is 2.45. The highest BCUT2D eigenvalue weighted by Gasteiger charge is 2.47. The van der Waals surface area contributed by atoms with Crippen LogP contribution in [0.3, 0.4) is 0 Å². The minimum absolute atomic E-state index is 0.00982. The van der Waals surface area contributed by atoms with Crippen molar-refractivity contribution < 1.29 is 14.9 Å². The van der Waals surface area contributed by atoms with E-state index < -0.39 is 17.3 Å². The Bertz CT molecular complexity index is 826. The van der Waals surface area contributed by atoms with Crippen LogP contribution in [0.1, 0.15) is 52.0 Å². The number of hydrogen-bond acceptors (Lipinski definition) is 4. The number of rotatable bonds is 2. The van der Waals surface area contributed by atoms with E-state index in [-0.39, 0.29) is 17.2 Å². The summed E-state index contributed by atoms with van der Waals surface area (Å²) >= 11 is 0. The minimum atomic E-state index is -0.694. The number of fused-ring (bicyclic) bond motifs is 1. The molecule has 24 heavy (non-hydrogen) atoms. The van der Waals surface area contributed by atoms with Gasteiger partial charge in [-0.15, -0.1) is 0 Å². The number of nitrogens with one attached hydrogen (secondary N) is 1. The van der Waals surface area contributed by atoms with E-state index in [0.29, 0.717) is 29.3 Å². The van der Waals surface area contributed by atoms with Gasteiger partial charge in [-0.1, -0.05) is 19.1 Å². The summed E-state index contributed by atoms with van der Waals surface area (Å²) in [6.07, 6.45) is 0.672. The highest BCUT2D eigenvalue weighted by atomic mass is 16.5. The topological polar surface area (TPSA) is 82.5 Å². The Morgan fingerprint density at radius 1 is 1.29 bits per heavy atom. The second kappa shape index (κ2) is 5.60. The third-order valence-electron chi connectivity index (χ3n) is 5.49. The van der Waals surface area contributed by atoms with E-state index in [2.05, 4.69) is 4.98 Å². The van der Waals surface area contributed by atoms with Crippen LogP contribution in [0.4, 0.5) is 0 Å². The van der Waals surface area contributed by atoms with E-state index in [1.165, 1.54) is 0 Å². The summed E-state index contributed by atoms with van der Waals surface area (Å²) in [4.78, 5) is 15.4. The second-order valence-corrected chi connectivity index (χ2v) is 7.56. The van der Waals surface area contributed by atoms with Gasteiger partial charge < -0.3 is 19.9 Å². The second-order valence-electron chi connectivity index (χ2n) is 7.56. The van der Waals surface area contributed by atoms with E-state index in [1.54, 1.807) is 12.1 Å². The molecule has 3 N–H and O–H groups in total. The van der Waals surface area contributed by atoms with Crippen molar-refractivity contribution in [3.63, 3.8) is 0 Å². The zero-order valence-corrected chi connectivity index (χ0v) is 14.6. The van der Waals surface area contributed by atoms with Crippen LogP contribution in [0.2, 0.25) is 0 Å². The zero-order chi connectivity index (χ0) is 17.7. The molecule has 3 atom stereocenters. The van der Waals surface area contributed by atoms with E-state index in [1.807, 2.05) is 39.8 Å². The maximum Gasteiger partial charge on any atom is 0.255 e. The van der Waals surface area contributed by atoms with Crippen molar-refractivity contribution in [2.24, 2.45) is 0 Å². The molecule has 2 heterocycles. The number of para-hydroxylation sites is 1. The molecule has 0 unspecified atom stereocenters. The summed E-state index contributed by atoms with van der Waals surface area (Å²) in [5, 5.41) is 21.5. The minimum Gasteiger partial charge on any atom is -0.507 e. The van der Waals surface area contributed by atoms with E-state index in [4.69, 9.17) is 4.74 Å². The van der Waals surface area contributed by atoms with Crippen molar-refractivity contribution in [3.05, 3.63) is 40.2 Å². The molecule has 0 amide bonds. The molecule has 2 aromatic rings. The first kappa shape index (κ1) is 17.0. The van der Waals surface area contributed by atoms with Crippen molar-refractivity contribution in [1.29, 1.82) is 0 Å². The lowest BCUT2D eigenvalue weighted by Crippen LogP contribution is -2.54. The molecular formula is C19H25NO4. The smallest absolute Gasteiger partial charge is 0.255 e. The molecule has 0 radical (unpaired) electrons. The van der Waals surface area contributed by atoms with Crippen LogP contribution in [0.5, 0.6) is 5.75 Å². The quantitative estimate of drug-likeness (QED) is 0.790. The SMILES string of the molecule is C[C@H](c1c(O)c2ccccc2[nH]c1=O)[C@]1(C)CC[C@@H](O)C(C)(C)O1. The van der Waals surface area contributed by atoms with Crippen molar-refractivity contribution in [1.82, 2.24) is 4.98 Å². The number of aliphatic hydroxyl groups excluding tert-OH is 1. The number of hydrogen-bond donors (Lipinski definition) is 3. The molecule has 0 aliphatic carbocycles.